The molecule has 0 atom stereocenters. The molecule has 25 heavy (non-hydrogen) atoms. The third kappa shape index (κ3) is 4.35. The normalized spacial score (nSPS) is 10.6. The summed E-state index contributed by atoms with van der Waals surface area (Å²) in [5.41, 5.74) is 6.69. The van der Waals surface area contributed by atoms with Crippen LogP contribution in [0.15, 0.2) is 67.0 Å². The molecule has 2 N–H and O–H groups in total. The van der Waals surface area contributed by atoms with E-state index in [1.54, 1.807) is 30.3 Å². The van der Waals surface area contributed by atoms with Crippen molar-refractivity contribution < 1.29 is 9.59 Å². The van der Waals surface area contributed by atoms with E-state index in [-0.39, 0.29) is 0 Å². The van der Waals surface area contributed by atoms with Crippen molar-refractivity contribution >= 4 is 17.9 Å². The summed E-state index contributed by atoms with van der Waals surface area (Å²) in [6, 6.07) is 16.0. The van der Waals surface area contributed by atoms with Crippen LogP contribution >= 0.6 is 0 Å². The number of hydrazine groups is 1. The van der Waals surface area contributed by atoms with Gasteiger partial charge in [-0.05, 0) is 46.3 Å². The number of amides is 2. The standard InChI is InChI=1S/C17H14N6O2/c24-16(11-6-13-4-2-1-3-5-13)19-20-17(25)14-7-9-15(10-8-14)23-12-18-21-22-23/h1-12H,(H,19,24)(H,20,25)/b11-6+. The molecule has 8 heteroatoms. The van der Waals surface area contributed by atoms with E-state index >= 15 is 0 Å². The Balaban J connectivity index is 1.53. The van der Waals surface area contributed by atoms with Crippen LogP contribution in [0.5, 0.6) is 0 Å². The van der Waals surface area contributed by atoms with Gasteiger partial charge in [0.25, 0.3) is 11.8 Å². The highest BCUT2D eigenvalue weighted by Gasteiger charge is 2.07. The number of hydrogen-bond acceptors (Lipinski definition) is 5. The molecule has 2 amide bonds. The van der Waals surface area contributed by atoms with Crippen molar-refractivity contribution in [1.29, 1.82) is 0 Å². The lowest BCUT2D eigenvalue weighted by molar-refractivity contribution is -0.117. The number of rotatable bonds is 4. The highest BCUT2D eigenvalue weighted by Crippen LogP contribution is 2.07. The maximum Gasteiger partial charge on any atom is 0.269 e. The largest absolute Gasteiger partial charge is 0.269 e. The first-order chi connectivity index (χ1) is 12.2. The first-order valence-electron chi connectivity index (χ1n) is 7.39. The Morgan fingerprint density at radius 2 is 1.72 bits per heavy atom. The molecule has 1 heterocycles. The molecule has 3 rings (SSSR count). The zero-order chi connectivity index (χ0) is 17.5. The van der Waals surface area contributed by atoms with Crippen molar-refractivity contribution in [2.45, 2.75) is 0 Å². The second-order valence-corrected chi connectivity index (χ2v) is 4.99. The molecule has 0 aliphatic rings. The maximum absolute atomic E-state index is 12.0. The summed E-state index contributed by atoms with van der Waals surface area (Å²) < 4.78 is 1.47. The summed E-state index contributed by atoms with van der Waals surface area (Å²) >= 11 is 0. The predicted octanol–water partition coefficient (Wildman–Crippen LogP) is 1.14. The number of aromatic nitrogens is 4. The van der Waals surface area contributed by atoms with E-state index in [0.717, 1.165) is 11.3 Å². The molecular weight excluding hydrogens is 320 g/mol. The van der Waals surface area contributed by atoms with Crippen LogP contribution in [0.4, 0.5) is 0 Å². The van der Waals surface area contributed by atoms with E-state index in [1.807, 2.05) is 30.3 Å². The Labute approximate surface area is 143 Å². The topological polar surface area (TPSA) is 102 Å². The van der Waals surface area contributed by atoms with Crippen LogP contribution in [0.2, 0.25) is 0 Å². The van der Waals surface area contributed by atoms with Crippen molar-refractivity contribution in [1.82, 2.24) is 31.1 Å². The lowest BCUT2D eigenvalue weighted by Crippen LogP contribution is -2.40. The van der Waals surface area contributed by atoms with E-state index in [4.69, 9.17) is 0 Å². The molecule has 0 fully saturated rings. The van der Waals surface area contributed by atoms with Gasteiger partial charge in [0.05, 0.1) is 5.69 Å². The average molecular weight is 334 g/mol. The minimum Gasteiger partial charge on any atom is -0.268 e. The van der Waals surface area contributed by atoms with Gasteiger partial charge in [-0.15, -0.1) is 5.10 Å². The van der Waals surface area contributed by atoms with E-state index in [9.17, 15) is 9.59 Å². The van der Waals surface area contributed by atoms with Gasteiger partial charge in [0.15, 0.2) is 0 Å². The molecule has 0 saturated carbocycles. The maximum atomic E-state index is 12.0. The Kier molecular flexibility index (Phi) is 4.91. The van der Waals surface area contributed by atoms with Gasteiger partial charge in [-0.3, -0.25) is 20.4 Å². The first-order valence-corrected chi connectivity index (χ1v) is 7.39. The molecule has 0 bridgehead atoms. The predicted molar refractivity (Wildman–Crippen MR) is 90.2 cm³/mol. The molecule has 124 valence electrons. The van der Waals surface area contributed by atoms with Crippen LogP contribution in [-0.2, 0) is 4.79 Å². The zero-order valence-corrected chi connectivity index (χ0v) is 13.0. The lowest BCUT2D eigenvalue weighted by atomic mass is 10.2. The summed E-state index contributed by atoms with van der Waals surface area (Å²) in [6.07, 6.45) is 4.45. The van der Waals surface area contributed by atoms with Crippen molar-refractivity contribution in [2.75, 3.05) is 0 Å². The molecule has 8 nitrogen and oxygen atoms in total. The lowest BCUT2D eigenvalue weighted by Gasteiger charge is -2.06. The number of nitrogens with zero attached hydrogens (tertiary/aromatic N) is 4. The fourth-order valence-electron chi connectivity index (χ4n) is 2.01. The van der Waals surface area contributed by atoms with Crippen LogP contribution < -0.4 is 10.9 Å². The zero-order valence-electron chi connectivity index (χ0n) is 13.0. The minimum absolute atomic E-state index is 0.393. The number of carbonyl (C=O) groups is 2. The minimum atomic E-state index is -0.428. The molecule has 0 radical (unpaired) electrons. The fourth-order valence-corrected chi connectivity index (χ4v) is 2.01. The Morgan fingerprint density at radius 1 is 0.960 bits per heavy atom. The van der Waals surface area contributed by atoms with Crippen molar-refractivity contribution in [2.24, 2.45) is 0 Å². The van der Waals surface area contributed by atoms with E-state index in [2.05, 4.69) is 26.4 Å². The van der Waals surface area contributed by atoms with Gasteiger partial charge >= 0.3 is 0 Å². The number of nitrogens with one attached hydrogen (secondary N) is 2. The Bertz CT molecular complexity index is 873. The van der Waals surface area contributed by atoms with Gasteiger partial charge in [0.2, 0.25) is 0 Å². The highest BCUT2D eigenvalue weighted by molar-refractivity contribution is 5.98. The number of tetrazole rings is 1. The van der Waals surface area contributed by atoms with Gasteiger partial charge in [-0.25, -0.2) is 4.68 Å². The second-order valence-electron chi connectivity index (χ2n) is 4.99. The van der Waals surface area contributed by atoms with E-state index in [0.29, 0.717) is 5.56 Å². The van der Waals surface area contributed by atoms with Crippen LogP contribution in [0.25, 0.3) is 11.8 Å². The van der Waals surface area contributed by atoms with Crippen molar-refractivity contribution in [3.05, 3.63) is 78.1 Å². The number of hydrogen-bond donors (Lipinski definition) is 2. The monoisotopic (exact) mass is 334 g/mol. The molecule has 2 aromatic carbocycles. The summed E-state index contributed by atoms with van der Waals surface area (Å²) in [7, 11) is 0. The van der Waals surface area contributed by atoms with E-state index in [1.165, 1.54) is 17.1 Å². The molecule has 0 aliphatic heterocycles. The summed E-state index contributed by atoms with van der Waals surface area (Å²) in [4.78, 5) is 23.7. The highest BCUT2D eigenvalue weighted by atomic mass is 16.2. The van der Waals surface area contributed by atoms with Gasteiger partial charge < -0.3 is 0 Å². The average Bonchev–Trinajstić information content (AvgIpc) is 3.20. The van der Waals surface area contributed by atoms with Gasteiger partial charge in [0, 0.05) is 11.6 Å². The third-order valence-corrected chi connectivity index (χ3v) is 3.27. The van der Waals surface area contributed by atoms with Crippen LogP contribution in [-0.4, -0.2) is 32.0 Å². The van der Waals surface area contributed by atoms with E-state index < -0.39 is 11.8 Å². The Hall–Kier alpha value is -3.81. The van der Waals surface area contributed by atoms with Crippen LogP contribution in [0.3, 0.4) is 0 Å². The number of carbonyl (C=O) groups excluding carboxylic acids is 2. The first kappa shape index (κ1) is 16.1. The molecule has 1 aromatic heterocycles. The van der Waals surface area contributed by atoms with Gasteiger partial charge in [-0.1, -0.05) is 30.3 Å². The summed E-state index contributed by atoms with van der Waals surface area (Å²) in [5, 5.41) is 10.8. The smallest absolute Gasteiger partial charge is 0.268 e. The molecule has 0 saturated heterocycles. The molecule has 0 aliphatic carbocycles. The van der Waals surface area contributed by atoms with Crippen LogP contribution in [0.1, 0.15) is 15.9 Å². The summed E-state index contributed by atoms with van der Waals surface area (Å²) in [6.45, 7) is 0. The molecule has 3 aromatic rings. The molecule has 0 spiro atoms. The van der Waals surface area contributed by atoms with Gasteiger partial charge in [0.1, 0.15) is 6.33 Å². The third-order valence-electron chi connectivity index (χ3n) is 3.27. The fraction of sp³-hybridized carbons (Fsp3) is 0. The number of benzene rings is 2. The molecule has 0 unspecified atom stereocenters. The second kappa shape index (κ2) is 7.64. The quantitative estimate of drug-likeness (QED) is 0.550. The molecular formula is C17H14N6O2. The Morgan fingerprint density at radius 3 is 2.40 bits per heavy atom. The van der Waals surface area contributed by atoms with Gasteiger partial charge in [-0.2, -0.15) is 0 Å². The summed E-state index contributed by atoms with van der Waals surface area (Å²) in [5.74, 6) is -0.854. The van der Waals surface area contributed by atoms with Crippen molar-refractivity contribution in [3.8, 4) is 5.69 Å². The van der Waals surface area contributed by atoms with Crippen molar-refractivity contribution in [3.63, 3.8) is 0 Å². The van der Waals surface area contributed by atoms with Crippen LogP contribution in [0, 0.1) is 0 Å². The SMILES string of the molecule is O=C(/C=C/c1ccccc1)NNC(=O)c1ccc(-n2cnnn2)cc1.